The summed E-state index contributed by atoms with van der Waals surface area (Å²) in [6, 6.07) is 0. The molecule has 0 aromatic carbocycles. The first-order valence-electron chi connectivity index (χ1n) is 4.87. The van der Waals surface area contributed by atoms with E-state index in [0.29, 0.717) is 0 Å². The summed E-state index contributed by atoms with van der Waals surface area (Å²) in [5.74, 6) is -0.319. The second kappa shape index (κ2) is 9.78. The molecule has 0 aliphatic carbocycles. The topological polar surface area (TPSA) is 26.3 Å². The minimum Gasteiger partial charge on any atom is -0.466 e. The maximum atomic E-state index is 10.6. The zero-order valence-electron chi connectivity index (χ0n) is 8.90. The van der Waals surface area contributed by atoms with Crippen LogP contribution in [0.15, 0.2) is 36.5 Å². The van der Waals surface area contributed by atoms with E-state index in [-0.39, 0.29) is 5.97 Å². The Balaban J connectivity index is 3.49. The first-order chi connectivity index (χ1) is 6.81. The van der Waals surface area contributed by atoms with E-state index in [1.165, 1.54) is 13.2 Å². The average molecular weight is 194 g/mol. The number of ether oxygens (including phenoxy) is 1. The van der Waals surface area contributed by atoms with Gasteiger partial charge in [-0.05, 0) is 19.3 Å². The van der Waals surface area contributed by atoms with Gasteiger partial charge in [0.05, 0.1) is 7.11 Å². The van der Waals surface area contributed by atoms with Crippen LogP contribution in [-0.2, 0) is 9.53 Å². The standard InChI is InChI=1S/C12H18O2/c1-3-4-5-6-7-8-9-10-11-12(13)14-2/h4-5,8-11H,3,6-7H2,1-2H3/b5-4-,9-8+,11-10+. The molecule has 0 saturated carbocycles. The van der Waals surface area contributed by atoms with Gasteiger partial charge in [0.1, 0.15) is 0 Å². The summed E-state index contributed by atoms with van der Waals surface area (Å²) < 4.78 is 4.44. The third kappa shape index (κ3) is 8.78. The molecule has 0 heterocycles. The molecule has 0 amide bonds. The average Bonchev–Trinajstić information content (AvgIpc) is 2.21. The maximum absolute atomic E-state index is 10.6. The summed E-state index contributed by atoms with van der Waals surface area (Å²) in [5, 5.41) is 0. The van der Waals surface area contributed by atoms with Gasteiger partial charge in [-0.25, -0.2) is 4.79 Å². The number of hydrogen-bond donors (Lipinski definition) is 0. The van der Waals surface area contributed by atoms with E-state index < -0.39 is 0 Å². The largest absolute Gasteiger partial charge is 0.466 e. The van der Waals surface area contributed by atoms with Gasteiger partial charge in [-0.1, -0.05) is 37.3 Å². The lowest BCUT2D eigenvalue weighted by Gasteiger charge is -1.87. The molecule has 0 saturated heterocycles. The van der Waals surface area contributed by atoms with Crippen molar-refractivity contribution in [3.8, 4) is 0 Å². The van der Waals surface area contributed by atoms with Gasteiger partial charge >= 0.3 is 5.97 Å². The van der Waals surface area contributed by atoms with Gasteiger partial charge in [0, 0.05) is 6.08 Å². The Kier molecular flexibility index (Phi) is 8.86. The molecule has 2 nitrogen and oxygen atoms in total. The summed E-state index contributed by atoms with van der Waals surface area (Å²) >= 11 is 0. The van der Waals surface area contributed by atoms with Crippen LogP contribution >= 0.6 is 0 Å². The number of esters is 1. The van der Waals surface area contributed by atoms with Crippen LogP contribution in [-0.4, -0.2) is 13.1 Å². The second-order valence-corrected chi connectivity index (χ2v) is 2.77. The Morgan fingerprint density at radius 1 is 1.14 bits per heavy atom. The zero-order chi connectivity index (χ0) is 10.6. The van der Waals surface area contributed by atoms with Crippen LogP contribution in [0.3, 0.4) is 0 Å². The Labute approximate surface area is 86.0 Å². The number of carbonyl (C=O) groups is 1. The predicted molar refractivity (Wildman–Crippen MR) is 59.0 cm³/mol. The molecule has 0 spiro atoms. The fourth-order valence-corrected chi connectivity index (χ4v) is 0.854. The lowest BCUT2D eigenvalue weighted by molar-refractivity contribution is -0.134. The van der Waals surface area contributed by atoms with Gasteiger partial charge < -0.3 is 4.74 Å². The first-order valence-corrected chi connectivity index (χ1v) is 4.87. The molecule has 0 aromatic rings. The van der Waals surface area contributed by atoms with Crippen LogP contribution < -0.4 is 0 Å². The highest BCUT2D eigenvalue weighted by atomic mass is 16.5. The molecule has 0 aromatic heterocycles. The van der Waals surface area contributed by atoms with E-state index >= 15 is 0 Å². The Hall–Kier alpha value is -1.31. The van der Waals surface area contributed by atoms with E-state index in [0.717, 1.165) is 19.3 Å². The van der Waals surface area contributed by atoms with Crippen molar-refractivity contribution in [3.63, 3.8) is 0 Å². The molecule has 0 N–H and O–H groups in total. The molecule has 0 rings (SSSR count). The lowest BCUT2D eigenvalue weighted by atomic mass is 10.2. The van der Waals surface area contributed by atoms with Crippen LogP contribution in [0.2, 0.25) is 0 Å². The van der Waals surface area contributed by atoms with E-state index in [1.807, 2.05) is 12.2 Å². The number of methoxy groups -OCH3 is 1. The fourth-order valence-electron chi connectivity index (χ4n) is 0.854. The minimum atomic E-state index is -0.319. The molecule has 14 heavy (non-hydrogen) atoms. The molecule has 2 heteroatoms. The van der Waals surface area contributed by atoms with Gasteiger partial charge in [0.2, 0.25) is 0 Å². The number of rotatable bonds is 6. The molecule has 0 radical (unpaired) electrons. The summed E-state index contributed by atoms with van der Waals surface area (Å²) in [5.41, 5.74) is 0. The highest BCUT2D eigenvalue weighted by Gasteiger charge is 1.86. The van der Waals surface area contributed by atoms with Crippen LogP contribution in [0.1, 0.15) is 26.2 Å². The quantitative estimate of drug-likeness (QED) is 0.213. The van der Waals surface area contributed by atoms with Crippen molar-refractivity contribution in [2.24, 2.45) is 0 Å². The second-order valence-electron chi connectivity index (χ2n) is 2.77. The van der Waals surface area contributed by atoms with E-state index in [1.54, 1.807) is 6.08 Å². The monoisotopic (exact) mass is 194 g/mol. The molecule has 0 fully saturated rings. The minimum absolute atomic E-state index is 0.319. The normalized spacial score (nSPS) is 11.9. The molecule has 0 atom stereocenters. The Morgan fingerprint density at radius 2 is 1.86 bits per heavy atom. The van der Waals surface area contributed by atoms with Crippen molar-refractivity contribution in [2.45, 2.75) is 26.2 Å². The molecule has 78 valence electrons. The molecule has 0 aliphatic rings. The summed E-state index contributed by atoms with van der Waals surface area (Å²) in [7, 11) is 1.37. The van der Waals surface area contributed by atoms with E-state index in [2.05, 4.69) is 23.8 Å². The van der Waals surface area contributed by atoms with E-state index in [9.17, 15) is 4.79 Å². The highest BCUT2D eigenvalue weighted by molar-refractivity contribution is 5.82. The van der Waals surface area contributed by atoms with Crippen LogP contribution in [0, 0.1) is 0 Å². The lowest BCUT2D eigenvalue weighted by Crippen LogP contribution is -1.92. The Bertz CT molecular complexity index is 224. The highest BCUT2D eigenvalue weighted by Crippen LogP contribution is 1.94. The van der Waals surface area contributed by atoms with Crippen LogP contribution in [0.25, 0.3) is 0 Å². The number of carbonyl (C=O) groups excluding carboxylic acids is 1. The van der Waals surface area contributed by atoms with Gasteiger partial charge in [-0.15, -0.1) is 0 Å². The third-order valence-corrected chi connectivity index (χ3v) is 1.58. The predicted octanol–water partition coefficient (Wildman–Crippen LogP) is 3.02. The molecular formula is C12H18O2. The summed E-state index contributed by atoms with van der Waals surface area (Å²) in [6.07, 6.45) is 14.4. The van der Waals surface area contributed by atoms with E-state index in [4.69, 9.17) is 0 Å². The molecule has 0 bridgehead atoms. The SMILES string of the molecule is CC/C=C\CC/C=C/C=C/C(=O)OC. The zero-order valence-corrected chi connectivity index (χ0v) is 8.90. The van der Waals surface area contributed by atoms with Crippen molar-refractivity contribution in [3.05, 3.63) is 36.5 Å². The van der Waals surface area contributed by atoms with Gasteiger partial charge in [-0.3, -0.25) is 0 Å². The number of allylic oxidation sites excluding steroid dienone is 5. The molecule has 0 unspecified atom stereocenters. The summed E-state index contributed by atoms with van der Waals surface area (Å²) in [6.45, 7) is 2.12. The third-order valence-electron chi connectivity index (χ3n) is 1.58. The van der Waals surface area contributed by atoms with Crippen molar-refractivity contribution in [2.75, 3.05) is 7.11 Å². The first kappa shape index (κ1) is 12.7. The molecule has 0 aliphatic heterocycles. The van der Waals surface area contributed by atoms with Crippen LogP contribution in [0.5, 0.6) is 0 Å². The smallest absolute Gasteiger partial charge is 0.330 e. The van der Waals surface area contributed by atoms with Gasteiger partial charge in [-0.2, -0.15) is 0 Å². The molecular weight excluding hydrogens is 176 g/mol. The fraction of sp³-hybridized carbons (Fsp3) is 0.417. The maximum Gasteiger partial charge on any atom is 0.330 e. The summed E-state index contributed by atoms with van der Waals surface area (Å²) in [4.78, 5) is 10.6. The number of hydrogen-bond acceptors (Lipinski definition) is 2. The van der Waals surface area contributed by atoms with Crippen molar-refractivity contribution >= 4 is 5.97 Å². The van der Waals surface area contributed by atoms with Crippen molar-refractivity contribution in [1.29, 1.82) is 0 Å². The van der Waals surface area contributed by atoms with Crippen LogP contribution in [0.4, 0.5) is 0 Å². The van der Waals surface area contributed by atoms with Crippen molar-refractivity contribution < 1.29 is 9.53 Å². The van der Waals surface area contributed by atoms with Gasteiger partial charge in [0.25, 0.3) is 0 Å². The van der Waals surface area contributed by atoms with Gasteiger partial charge in [0.15, 0.2) is 0 Å². The Morgan fingerprint density at radius 3 is 2.50 bits per heavy atom. The van der Waals surface area contributed by atoms with Crippen molar-refractivity contribution in [1.82, 2.24) is 0 Å². The number of unbranched alkanes of at least 4 members (excludes halogenated alkanes) is 1.